The number of benzene rings is 1. The van der Waals surface area contributed by atoms with Gasteiger partial charge in [-0.1, -0.05) is 24.1 Å². The van der Waals surface area contributed by atoms with Crippen LogP contribution in [0.1, 0.15) is 42.5 Å². The lowest BCUT2D eigenvalue weighted by Gasteiger charge is -2.46. The summed E-state index contributed by atoms with van der Waals surface area (Å²) in [6.45, 7) is 1.36. The van der Waals surface area contributed by atoms with Crippen LogP contribution in [-0.2, 0) is 4.79 Å². The quantitative estimate of drug-likeness (QED) is 0.830. The number of anilines is 1. The molecule has 2 fully saturated rings. The van der Waals surface area contributed by atoms with Gasteiger partial charge in [0.1, 0.15) is 5.66 Å². The van der Waals surface area contributed by atoms with E-state index in [4.69, 9.17) is 11.6 Å². The number of hydrogen-bond donors (Lipinski definition) is 2. The number of piperidine rings is 1. The summed E-state index contributed by atoms with van der Waals surface area (Å²) in [5.74, 6) is 0.386. The summed E-state index contributed by atoms with van der Waals surface area (Å²) >= 11 is 6.13. The number of nitrogens with one attached hydrogen (secondary N) is 2. The second kappa shape index (κ2) is 5.41. The molecule has 0 bridgehead atoms. The van der Waals surface area contributed by atoms with Crippen molar-refractivity contribution in [3.8, 4) is 0 Å². The van der Waals surface area contributed by atoms with Gasteiger partial charge in [-0.05, 0) is 25.0 Å². The van der Waals surface area contributed by atoms with Crippen LogP contribution in [0.25, 0.3) is 0 Å². The molecule has 23 heavy (non-hydrogen) atoms. The molecule has 1 aromatic rings. The number of carbonyl (C=O) groups is 2. The van der Waals surface area contributed by atoms with Gasteiger partial charge in [-0.25, -0.2) is 0 Å². The second-order valence-electron chi connectivity index (χ2n) is 6.78. The second-order valence-corrected chi connectivity index (χ2v) is 7.18. The lowest BCUT2D eigenvalue weighted by molar-refractivity contribution is -0.139. The Balaban J connectivity index is 1.49. The fourth-order valence-corrected chi connectivity index (χ4v) is 3.96. The average Bonchev–Trinajstić information content (AvgIpc) is 2.45. The Morgan fingerprint density at radius 1 is 1.22 bits per heavy atom. The van der Waals surface area contributed by atoms with Crippen molar-refractivity contribution in [2.24, 2.45) is 5.92 Å². The van der Waals surface area contributed by atoms with E-state index in [1.54, 1.807) is 6.07 Å². The molecule has 6 heteroatoms. The highest BCUT2D eigenvalue weighted by Gasteiger charge is 2.42. The van der Waals surface area contributed by atoms with E-state index in [0.717, 1.165) is 18.5 Å². The van der Waals surface area contributed by atoms with Crippen molar-refractivity contribution >= 4 is 29.1 Å². The van der Waals surface area contributed by atoms with Crippen LogP contribution in [0.2, 0.25) is 5.02 Å². The number of fused-ring (bicyclic) bond motifs is 1. The molecule has 2 heterocycles. The molecule has 122 valence electrons. The highest BCUT2D eigenvalue weighted by atomic mass is 35.5. The molecule has 1 spiro atoms. The summed E-state index contributed by atoms with van der Waals surface area (Å²) in [4.78, 5) is 26.8. The molecule has 0 radical (unpaired) electrons. The normalized spacial score (nSPS) is 22.8. The van der Waals surface area contributed by atoms with Crippen LogP contribution in [0.3, 0.4) is 0 Å². The Morgan fingerprint density at radius 2 is 1.96 bits per heavy atom. The minimum absolute atomic E-state index is 0.136. The van der Waals surface area contributed by atoms with Crippen molar-refractivity contribution in [3.05, 3.63) is 28.8 Å². The Hall–Kier alpha value is -1.75. The van der Waals surface area contributed by atoms with Crippen LogP contribution >= 0.6 is 11.6 Å². The van der Waals surface area contributed by atoms with E-state index in [0.29, 0.717) is 36.5 Å². The minimum Gasteiger partial charge on any atom is -0.362 e. The van der Waals surface area contributed by atoms with Crippen LogP contribution in [0, 0.1) is 5.92 Å². The van der Waals surface area contributed by atoms with E-state index in [2.05, 4.69) is 10.6 Å². The number of carbonyl (C=O) groups excluding carboxylic acids is 2. The Labute approximate surface area is 140 Å². The van der Waals surface area contributed by atoms with Crippen LogP contribution in [-0.4, -0.2) is 35.5 Å². The van der Waals surface area contributed by atoms with Crippen molar-refractivity contribution in [3.63, 3.8) is 0 Å². The molecule has 2 aliphatic heterocycles. The summed E-state index contributed by atoms with van der Waals surface area (Å²) in [7, 11) is 0. The molecule has 0 atom stereocenters. The van der Waals surface area contributed by atoms with Crippen molar-refractivity contribution < 1.29 is 9.59 Å². The molecule has 5 nitrogen and oxygen atoms in total. The third-order valence-electron chi connectivity index (χ3n) is 5.35. The average molecular weight is 334 g/mol. The van der Waals surface area contributed by atoms with Gasteiger partial charge in [-0.2, -0.15) is 0 Å². The number of rotatable bonds is 1. The SMILES string of the molecule is O=C1NC2(CCN(C(=O)C3CCC3)CC2)Nc2cccc(Cl)c21. The van der Waals surface area contributed by atoms with E-state index in [9.17, 15) is 9.59 Å². The molecule has 3 aliphatic rings. The molecule has 0 unspecified atom stereocenters. The summed E-state index contributed by atoms with van der Waals surface area (Å²) in [6.07, 6.45) is 4.65. The van der Waals surface area contributed by atoms with Crippen LogP contribution in [0.4, 0.5) is 5.69 Å². The first kappa shape index (κ1) is 14.8. The zero-order chi connectivity index (χ0) is 16.0. The molecule has 1 saturated carbocycles. The van der Waals surface area contributed by atoms with Crippen molar-refractivity contribution in [1.82, 2.24) is 10.2 Å². The van der Waals surface area contributed by atoms with E-state index < -0.39 is 5.66 Å². The van der Waals surface area contributed by atoms with Crippen LogP contribution < -0.4 is 10.6 Å². The summed E-state index contributed by atoms with van der Waals surface area (Å²) in [5, 5.41) is 6.98. The monoisotopic (exact) mass is 333 g/mol. The predicted molar refractivity (Wildman–Crippen MR) is 88.4 cm³/mol. The molecule has 1 aliphatic carbocycles. The van der Waals surface area contributed by atoms with Gasteiger partial charge in [-0.15, -0.1) is 0 Å². The zero-order valence-corrected chi connectivity index (χ0v) is 13.7. The van der Waals surface area contributed by atoms with E-state index in [1.807, 2.05) is 17.0 Å². The first-order chi connectivity index (χ1) is 11.1. The van der Waals surface area contributed by atoms with Gasteiger partial charge >= 0.3 is 0 Å². The standard InChI is InChI=1S/C17H20ClN3O2/c18-12-5-2-6-13-14(12)15(22)20-17(19-13)7-9-21(10-8-17)16(23)11-3-1-4-11/h2,5-6,11,19H,1,3-4,7-10H2,(H,20,22). The number of nitrogens with zero attached hydrogens (tertiary/aromatic N) is 1. The number of hydrogen-bond acceptors (Lipinski definition) is 3. The van der Waals surface area contributed by atoms with E-state index in [-0.39, 0.29) is 17.7 Å². The first-order valence-electron chi connectivity index (χ1n) is 8.26. The van der Waals surface area contributed by atoms with Gasteiger partial charge in [0.15, 0.2) is 0 Å². The van der Waals surface area contributed by atoms with E-state index >= 15 is 0 Å². The van der Waals surface area contributed by atoms with Gasteiger partial charge < -0.3 is 15.5 Å². The number of amides is 2. The molecule has 2 N–H and O–H groups in total. The maximum atomic E-state index is 12.4. The molecule has 2 amide bonds. The zero-order valence-electron chi connectivity index (χ0n) is 12.9. The van der Waals surface area contributed by atoms with E-state index in [1.165, 1.54) is 6.42 Å². The summed E-state index contributed by atoms with van der Waals surface area (Å²) < 4.78 is 0. The lowest BCUT2D eigenvalue weighted by atomic mass is 9.83. The highest BCUT2D eigenvalue weighted by molar-refractivity contribution is 6.34. The first-order valence-corrected chi connectivity index (χ1v) is 8.64. The van der Waals surface area contributed by atoms with Crippen LogP contribution in [0.15, 0.2) is 18.2 Å². The molecular formula is C17H20ClN3O2. The Kier molecular flexibility index (Phi) is 3.48. The third kappa shape index (κ3) is 2.47. The largest absolute Gasteiger partial charge is 0.362 e. The molecule has 1 saturated heterocycles. The third-order valence-corrected chi connectivity index (χ3v) is 5.67. The number of likely N-dealkylation sites (tertiary alicyclic amines) is 1. The fraction of sp³-hybridized carbons (Fsp3) is 0.529. The topological polar surface area (TPSA) is 61.4 Å². The van der Waals surface area contributed by atoms with Gasteiger partial charge in [0.2, 0.25) is 5.91 Å². The fourth-order valence-electron chi connectivity index (χ4n) is 3.70. The lowest BCUT2D eigenvalue weighted by Crippen LogP contribution is -2.63. The predicted octanol–water partition coefficient (Wildman–Crippen LogP) is 2.61. The maximum absolute atomic E-state index is 12.4. The molecule has 4 rings (SSSR count). The highest BCUT2D eigenvalue weighted by Crippen LogP contribution is 2.35. The van der Waals surface area contributed by atoms with Gasteiger partial charge in [0, 0.05) is 31.8 Å². The van der Waals surface area contributed by atoms with Gasteiger partial charge in [0.25, 0.3) is 5.91 Å². The Morgan fingerprint density at radius 3 is 2.61 bits per heavy atom. The Bertz CT molecular complexity index is 664. The van der Waals surface area contributed by atoms with Crippen molar-refractivity contribution in [1.29, 1.82) is 0 Å². The van der Waals surface area contributed by atoms with Crippen molar-refractivity contribution in [2.45, 2.75) is 37.8 Å². The molecular weight excluding hydrogens is 314 g/mol. The van der Waals surface area contributed by atoms with Gasteiger partial charge in [-0.3, -0.25) is 9.59 Å². The summed E-state index contributed by atoms with van der Waals surface area (Å²) in [6, 6.07) is 5.45. The van der Waals surface area contributed by atoms with Crippen molar-refractivity contribution in [2.75, 3.05) is 18.4 Å². The smallest absolute Gasteiger partial charge is 0.256 e. The summed E-state index contributed by atoms with van der Waals surface area (Å²) in [5.41, 5.74) is 0.818. The van der Waals surface area contributed by atoms with Crippen LogP contribution in [0.5, 0.6) is 0 Å². The molecule has 1 aromatic carbocycles. The van der Waals surface area contributed by atoms with Gasteiger partial charge in [0.05, 0.1) is 16.3 Å². The number of halogens is 1. The maximum Gasteiger partial charge on any atom is 0.256 e. The molecule has 0 aromatic heterocycles. The minimum atomic E-state index is -0.467.